The third-order valence-electron chi connectivity index (χ3n) is 4.12. The molecule has 5 nitrogen and oxygen atoms in total. The molecule has 1 aromatic rings. The first kappa shape index (κ1) is 22.5. The maximum absolute atomic E-state index is 12.5. The van der Waals surface area contributed by atoms with Crippen LogP contribution < -0.4 is 16.0 Å². The summed E-state index contributed by atoms with van der Waals surface area (Å²) in [5.41, 5.74) is 2.19. The van der Waals surface area contributed by atoms with Crippen molar-refractivity contribution in [3.8, 4) is 0 Å². The normalized spacial score (nSPS) is 14.6. The van der Waals surface area contributed by atoms with Crippen LogP contribution >= 0.6 is 24.2 Å². The fraction of sp³-hybridized carbons (Fsp3) is 0.474. The lowest BCUT2D eigenvalue weighted by Gasteiger charge is -2.20. The van der Waals surface area contributed by atoms with Gasteiger partial charge in [0.05, 0.1) is 6.42 Å². The standard InChI is InChI=1S/C19H27N3O2S.ClH/c1-25-12-9-17(19(24)21-14-16-7-10-20-11-8-16)22-18(23)13-15-5-3-2-4-6-15;/h2-7,17,20H,8-14H2,1H3,(H,21,24)(H,22,23);1H. The highest BCUT2D eigenvalue weighted by Gasteiger charge is 2.20. The van der Waals surface area contributed by atoms with Gasteiger partial charge in [0.2, 0.25) is 11.8 Å². The monoisotopic (exact) mass is 397 g/mol. The Morgan fingerprint density at radius 3 is 2.69 bits per heavy atom. The Morgan fingerprint density at radius 2 is 2.04 bits per heavy atom. The number of carbonyl (C=O) groups excluding carboxylic acids is 2. The third kappa shape index (κ3) is 8.25. The fourth-order valence-corrected chi connectivity index (χ4v) is 3.16. The number of carbonyl (C=O) groups is 2. The van der Waals surface area contributed by atoms with Crippen LogP contribution in [0.3, 0.4) is 0 Å². The summed E-state index contributed by atoms with van der Waals surface area (Å²) in [4.78, 5) is 24.8. The zero-order valence-electron chi connectivity index (χ0n) is 15.1. The molecular weight excluding hydrogens is 370 g/mol. The number of nitrogens with one attached hydrogen (secondary N) is 3. The van der Waals surface area contributed by atoms with E-state index in [1.54, 1.807) is 11.8 Å². The van der Waals surface area contributed by atoms with E-state index in [1.807, 2.05) is 36.6 Å². The Morgan fingerprint density at radius 1 is 1.27 bits per heavy atom. The first-order valence-corrected chi connectivity index (χ1v) is 10.1. The van der Waals surface area contributed by atoms with E-state index in [1.165, 1.54) is 5.57 Å². The van der Waals surface area contributed by atoms with Gasteiger partial charge in [-0.3, -0.25) is 9.59 Å². The van der Waals surface area contributed by atoms with Crippen LogP contribution in [0, 0.1) is 0 Å². The van der Waals surface area contributed by atoms with Gasteiger partial charge in [-0.2, -0.15) is 11.8 Å². The fourth-order valence-electron chi connectivity index (χ4n) is 2.69. The molecule has 1 unspecified atom stereocenters. The lowest BCUT2D eigenvalue weighted by Crippen LogP contribution is -2.48. The second-order valence-corrected chi connectivity index (χ2v) is 7.08. The van der Waals surface area contributed by atoms with Crippen LogP contribution in [-0.4, -0.2) is 49.5 Å². The van der Waals surface area contributed by atoms with E-state index in [0.717, 1.165) is 30.8 Å². The number of hydrogen-bond acceptors (Lipinski definition) is 4. The molecule has 1 aliphatic heterocycles. The quantitative estimate of drug-likeness (QED) is 0.557. The highest BCUT2D eigenvalue weighted by Crippen LogP contribution is 2.06. The van der Waals surface area contributed by atoms with Gasteiger partial charge in [-0.15, -0.1) is 12.4 Å². The zero-order chi connectivity index (χ0) is 17.9. The molecule has 0 saturated carbocycles. The number of thioether (sulfide) groups is 1. The Kier molecular flexibility index (Phi) is 11.1. The first-order valence-electron chi connectivity index (χ1n) is 8.67. The summed E-state index contributed by atoms with van der Waals surface area (Å²) in [7, 11) is 0. The van der Waals surface area contributed by atoms with E-state index >= 15 is 0 Å². The SMILES string of the molecule is CSCCC(NC(=O)Cc1ccccc1)C(=O)NCC1=CCNCC1.Cl. The summed E-state index contributed by atoms with van der Waals surface area (Å²) in [5, 5.41) is 9.12. The van der Waals surface area contributed by atoms with Gasteiger partial charge in [-0.1, -0.05) is 42.0 Å². The Balaban J connectivity index is 0.00000338. The molecule has 0 spiro atoms. The third-order valence-corrected chi connectivity index (χ3v) is 4.76. The minimum atomic E-state index is -0.481. The predicted molar refractivity (Wildman–Crippen MR) is 111 cm³/mol. The Hall–Kier alpha value is -1.50. The Labute approximate surface area is 166 Å². The van der Waals surface area contributed by atoms with Gasteiger partial charge in [-0.25, -0.2) is 0 Å². The molecule has 2 rings (SSSR count). The molecule has 144 valence electrons. The van der Waals surface area contributed by atoms with Crippen LogP contribution in [0.1, 0.15) is 18.4 Å². The molecule has 0 fully saturated rings. The van der Waals surface area contributed by atoms with Crippen molar-refractivity contribution < 1.29 is 9.59 Å². The molecule has 1 aliphatic rings. The topological polar surface area (TPSA) is 70.2 Å². The molecular formula is C19H28ClN3O2S. The summed E-state index contributed by atoms with van der Waals surface area (Å²) in [6, 6.07) is 9.10. The average molecular weight is 398 g/mol. The number of rotatable bonds is 9. The van der Waals surface area contributed by atoms with Gasteiger partial charge in [0.1, 0.15) is 6.04 Å². The van der Waals surface area contributed by atoms with E-state index in [9.17, 15) is 9.59 Å². The molecule has 1 heterocycles. The van der Waals surface area contributed by atoms with E-state index in [2.05, 4.69) is 22.0 Å². The van der Waals surface area contributed by atoms with Gasteiger partial charge in [0.25, 0.3) is 0 Å². The van der Waals surface area contributed by atoms with E-state index < -0.39 is 6.04 Å². The van der Waals surface area contributed by atoms with Crippen molar-refractivity contribution >= 4 is 36.0 Å². The molecule has 0 aromatic heterocycles. The van der Waals surface area contributed by atoms with Crippen molar-refractivity contribution in [1.82, 2.24) is 16.0 Å². The van der Waals surface area contributed by atoms with Gasteiger partial charge >= 0.3 is 0 Å². The van der Waals surface area contributed by atoms with Crippen LogP contribution in [-0.2, 0) is 16.0 Å². The largest absolute Gasteiger partial charge is 0.351 e. The number of benzene rings is 1. The van der Waals surface area contributed by atoms with Crippen molar-refractivity contribution in [2.45, 2.75) is 25.3 Å². The van der Waals surface area contributed by atoms with Crippen molar-refractivity contribution in [3.05, 3.63) is 47.5 Å². The minimum absolute atomic E-state index is 0. The van der Waals surface area contributed by atoms with Crippen molar-refractivity contribution in [2.24, 2.45) is 0 Å². The van der Waals surface area contributed by atoms with Gasteiger partial charge in [-0.05, 0) is 37.0 Å². The molecule has 7 heteroatoms. The second kappa shape index (κ2) is 12.8. The van der Waals surface area contributed by atoms with Crippen LogP contribution in [0.25, 0.3) is 0 Å². The van der Waals surface area contributed by atoms with Crippen molar-refractivity contribution in [1.29, 1.82) is 0 Å². The maximum atomic E-state index is 12.5. The summed E-state index contributed by atoms with van der Waals surface area (Å²) < 4.78 is 0. The van der Waals surface area contributed by atoms with E-state index in [-0.39, 0.29) is 24.2 Å². The predicted octanol–water partition coefficient (Wildman–Crippen LogP) is 1.92. The molecule has 2 amide bonds. The number of halogens is 1. The Bertz CT molecular complexity index is 596. The highest BCUT2D eigenvalue weighted by molar-refractivity contribution is 7.98. The molecule has 1 aromatic carbocycles. The summed E-state index contributed by atoms with van der Waals surface area (Å²) in [6.45, 7) is 2.37. The molecule has 0 aliphatic carbocycles. The molecule has 0 saturated heterocycles. The van der Waals surface area contributed by atoms with Crippen molar-refractivity contribution in [2.75, 3.05) is 31.6 Å². The maximum Gasteiger partial charge on any atom is 0.242 e. The highest BCUT2D eigenvalue weighted by atomic mass is 35.5. The molecule has 0 radical (unpaired) electrons. The minimum Gasteiger partial charge on any atom is -0.351 e. The average Bonchev–Trinajstić information content (AvgIpc) is 2.64. The lowest BCUT2D eigenvalue weighted by atomic mass is 10.1. The first-order chi connectivity index (χ1) is 12.2. The number of amides is 2. The van der Waals surface area contributed by atoms with Crippen molar-refractivity contribution in [3.63, 3.8) is 0 Å². The summed E-state index contributed by atoms with van der Waals surface area (Å²) in [5.74, 6) is 0.611. The zero-order valence-corrected chi connectivity index (χ0v) is 16.8. The van der Waals surface area contributed by atoms with Gasteiger partial charge < -0.3 is 16.0 Å². The van der Waals surface area contributed by atoms with E-state index in [4.69, 9.17) is 0 Å². The number of hydrogen-bond donors (Lipinski definition) is 3. The smallest absolute Gasteiger partial charge is 0.242 e. The molecule has 0 bridgehead atoms. The molecule has 3 N–H and O–H groups in total. The summed E-state index contributed by atoms with van der Waals surface area (Å²) in [6.07, 6.45) is 6.00. The molecule has 1 atom stereocenters. The van der Waals surface area contributed by atoms with Crippen LogP contribution in [0.2, 0.25) is 0 Å². The van der Waals surface area contributed by atoms with Gasteiger partial charge in [0, 0.05) is 13.1 Å². The van der Waals surface area contributed by atoms with Crippen LogP contribution in [0.15, 0.2) is 42.0 Å². The summed E-state index contributed by atoms with van der Waals surface area (Å²) >= 11 is 1.67. The van der Waals surface area contributed by atoms with Gasteiger partial charge in [0.15, 0.2) is 0 Å². The van der Waals surface area contributed by atoms with Crippen LogP contribution in [0.5, 0.6) is 0 Å². The van der Waals surface area contributed by atoms with E-state index in [0.29, 0.717) is 19.4 Å². The second-order valence-electron chi connectivity index (χ2n) is 6.10. The molecule has 26 heavy (non-hydrogen) atoms. The van der Waals surface area contributed by atoms with Crippen LogP contribution in [0.4, 0.5) is 0 Å². The lowest BCUT2D eigenvalue weighted by molar-refractivity contribution is -0.128.